The number of rotatable bonds is 3. The van der Waals surface area contributed by atoms with E-state index in [0.29, 0.717) is 11.8 Å². The van der Waals surface area contributed by atoms with E-state index < -0.39 is 0 Å². The first-order valence-corrected chi connectivity index (χ1v) is 9.75. The second-order valence-electron chi connectivity index (χ2n) is 7.29. The molecule has 0 atom stereocenters. The van der Waals surface area contributed by atoms with Gasteiger partial charge in [0.05, 0.1) is 5.52 Å². The highest BCUT2D eigenvalue weighted by Crippen LogP contribution is 2.25. The SMILES string of the molecule is CN(C)C1CCCCC1.CNc1ncc(-c2ccc3ncnc(N)c3c2)cn1. The molecule has 4 rings (SSSR count). The molecule has 0 unspecified atom stereocenters. The molecule has 0 amide bonds. The van der Waals surface area contributed by atoms with Gasteiger partial charge in [0.1, 0.15) is 12.1 Å². The predicted octanol–water partition coefficient (Wildman–Crippen LogP) is 3.59. The second-order valence-corrected chi connectivity index (χ2v) is 7.29. The van der Waals surface area contributed by atoms with E-state index in [4.69, 9.17) is 5.73 Å². The summed E-state index contributed by atoms with van der Waals surface area (Å²) in [5, 5.41) is 3.71. The molecule has 1 fully saturated rings. The van der Waals surface area contributed by atoms with E-state index in [1.54, 1.807) is 19.4 Å². The molecule has 1 saturated carbocycles. The maximum atomic E-state index is 5.86. The molecule has 0 aliphatic heterocycles. The minimum atomic E-state index is 0.472. The van der Waals surface area contributed by atoms with Crippen molar-refractivity contribution >= 4 is 22.7 Å². The summed E-state index contributed by atoms with van der Waals surface area (Å²) in [4.78, 5) is 18.9. The van der Waals surface area contributed by atoms with Gasteiger partial charge in [-0.15, -0.1) is 0 Å². The van der Waals surface area contributed by atoms with Crippen LogP contribution in [0.4, 0.5) is 11.8 Å². The van der Waals surface area contributed by atoms with Gasteiger partial charge in [-0.2, -0.15) is 0 Å². The van der Waals surface area contributed by atoms with Gasteiger partial charge in [0, 0.05) is 36.4 Å². The Hall–Kier alpha value is -2.80. The first-order chi connectivity index (χ1) is 13.6. The van der Waals surface area contributed by atoms with E-state index in [1.807, 2.05) is 18.2 Å². The Morgan fingerprint density at radius 2 is 1.68 bits per heavy atom. The van der Waals surface area contributed by atoms with Gasteiger partial charge in [-0.05, 0) is 44.6 Å². The Morgan fingerprint density at radius 3 is 2.29 bits per heavy atom. The number of nitrogens with two attached hydrogens (primary N) is 1. The molecule has 0 saturated heterocycles. The number of hydrogen-bond acceptors (Lipinski definition) is 7. The molecule has 2 aromatic heterocycles. The first-order valence-electron chi connectivity index (χ1n) is 9.75. The lowest BCUT2D eigenvalue weighted by molar-refractivity contribution is 0.229. The van der Waals surface area contributed by atoms with Gasteiger partial charge in [-0.1, -0.05) is 25.3 Å². The fourth-order valence-corrected chi connectivity index (χ4v) is 3.46. The van der Waals surface area contributed by atoms with Crippen LogP contribution in [0.3, 0.4) is 0 Å². The van der Waals surface area contributed by atoms with E-state index in [2.05, 4.69) is 44.2 Å². The minimum Gasteiger partial charge on any atom is -0.383 e. The zero-order valence-corrected chi connectivity index (χ0v) is 16.9. The third kappa shape index (κ3) is 4.92. The largest absolute Gasteiger partial charge is 0.383 e. The Morgan fingerprint density at radius 1 is 0.964 bits per heavy atom. The Kier molecular flexibility index (Phi) is 6.71. The van der Waals surface area contributed by atoms with Crippen molar-refractivity contribution in [1.82, 2.24) is 24.8 Å². The second kappa shape index (κ2) is 9.41. The molecule has 0 radical (unpaired) electrons. The standard InChI is InChI=1S/C13H12N6.C8H17N/c1-15-13-16-5-9(6-17-13)8-2-3-11-10(4-8)12(14)19-7-18-11;1-9(2)8-6-4-3-5-7-8/h2-7H,1H3,(H2,14,18,19)(H,15,16,17);8H,3-7H2,1-2H3. The summed E-state index contributed by atoms with van der Waals surface area (Å²) in [7, 11) is 6.16. The third-order valence-electron chi connectivity index (χ3n) is 5.18. The Bertz CT molecular complexity index is 887. The topological polar surface area (TPSA) is 92.8 Å². The first kappa shape index (κ1) is 19.9. The van der Waals surface area contributed by atoms with Crippen LogP contribution in [0, 0.1) is 0 Å². The summed E-state index contributed by atoms with van der Waals surface area (Å²) in [5.74, 6) is 1.06. The molecule has 3 N–H and O–H groups in total. The highest BCUT2D eigenvalue weighted by Gasteiger charge is 2.14. The van der Waals surface area contributed by atoms with Crippen LogP contribution in [-0.4, -0.2) is 52.0 Å². The van der Waals surface area contributed by atoms with Crippen molar-refractivity contribution in [1.29, 1.82) is 0 Å². The molecule has 7 nitrogen and oxygen atoms in total. The van der Waals surface area contributed by atoms with Gasteiger partial charge in [0.25, 0.3) is 0 Å². The van der Waals surface area contributed by atoms with Gasteiger partial charge < -0.3 is 16.0 Å². The van der Waals surface area contributed by atoms with Gasteiger partial charge in [0.2, 0.25) is 5.95 Å². The van der Waals surface area contributed by atoms with Crippen molar-refractivity contribution in [3.8, 4) is 11.1 Å². The molecule has 3 aromatic rings. The summed E-state index contributed by atoms with van der Waals surface area (Å²) < 4.78 is 0. The Balaban J connectivity index is 0.000000211. The third-order valence-corrected chi connectivity index (χ3v) is 5.18. The molecule has 1 aliphatic carbocycles. The summed E-state index contributed by atoms with van der Waals surface area (Å²) in [5.41, 5.74) is 8.58. The van der Waals surface area contributed by atoms with Crippen molar-refractivity contribution in [3.05, 3.63) is 36.9 Å². The molecule has 0 bridgehead atoms. The fourth-order valence-electron chi connectivity index (χ4n) is 3.46. The van der Waals surface area contributed by atoms with E-state index in [0.717, 1.165) is 28.1 Å². The summed E-state index contributed by atoms with van der Waals surface area (Å²) in [6.07, 6.45) is 12.2. The van der Waals surface area contributed by atoms with E-state index in [1.165, 1.54) is 38.4 Å². The van der Waals surface area contributed by atoms with Crippen LogP contribution in [0.25, 0.3) is 22.0 Å². The number of fused-ring (bicyclic) bond motifs is 1. The molecule has 2 heterocycles. The number of nitrogen functional groups attached to an aromatic ring is 1. The van der Waals surface area contributed by atoms with E-state index in [9.17, 15) is 0 Å². The van der Waals surface area contributed by atoms with Crippen molar-refractivity contribution in [2.24, 2.45) is 0 Å². The number of nitrogens with one attached hydrogen (secondary N) is 1. The molecule has 7 heteroatoms. The number of nitrogens with zero attached hydrogens (tertiary/aromatic N) is 5. The van der Waals surface area contributed by atoms with Gasteiger partial charge in [0.15, 0.2) is 0 Å². The van der Waals surface area contributed by atoms with Gasteiger partial charge in [-0.3, -0.25) is 0 Å². The lowest BCUT2D eigenvalue weighted by Crippen LogP contribution is -2.29. The number of aromatic nitrogens is 4. The average molecular weight is 380 g/mol. The summed E-state index contributed by atoms with van der Waals surface area (Å²) in [6.45, 7) is 0. The lowest BCUT2D eigenvalue weighted by Gasteiger charge is -2.27. The van der Waals surface area contributed by atoms with Crippen LogP contribution in [0.15, 0.2) is 36.9 Å². The highest BCUT2D eigenvalue weighted by atomic mass is 15.1. The maximum absolute atomic E-state index is 5.86. The van der Waals surface area contributed by atoms with Crippen molar-refractivity contribution < 1.29 is 0 Å². The van der Waals surface area contributed by atoms with Crippen molar-refractivity contribution in [3.63, 3.8) is 0 Å². The van der Waals surface area contributed by atoms with Crippen molar-refractivity contribution in [2.75, 3.05) is 32.2 Å². The van der Waals surface area contributed by atoms with Crippen molar-refractivity contribution in [2.45, 2.75) is 38.1 Å². The van der Waals surface area contributed by atoms with Crippen LogP contribution in [0.1, 0.15) is 32.1 Å². The highest BCUT2D eigenvalue weighted by molar-refractivity contribution is 5.91. The lowest BCUT2D eigenvalue weighted by atomic mass is 9.95. The number of anilines is 2. The molecular weight excluding hydrogens is 350 g/mol. The van der Waals surface area contributed by atoms with Crippen LogP contribution in [-0.2, 0) is 0 Å². The zero-order valence-electron chi connectivity index (χ0n) is 16.9. The molecule has 1 aromatic carbocycles. The Labute approximate surface area is 166 Å². The predicted molar refractivity (Wildman–Crippen MR) is 115 cm³/mol. The van der Waals surface area contributed by atoms with Gasteiger partial charge in [-0.25, -0.2) is 19.9 Å². The summed E-state index contributed by atoms with van der Waals surface area (Å²) in [6, 6.07) is 6.71. The molecular formula is C21H29N7. The molecule has 1 aliphatic rings. The van der Waals surface area contributed by atoms with Crippen LogP contribution in [0.2, 0.25) is 0 Å². The summed E-state index contributed by atoms with van der Waals surface area (Å²) >= 11 is 0. The quantitative estimate of drug-likeness (QED) is 0.718. The molecule has 148 valence electrons. The van der Waals surface area contributed by atoms with Crippen LogP contribution < -0.4 is 11.1 Å². The normalized spacial score (nSPS) is 14.6. The minimum absolute atomic E-state index is 0.472. The molecule has 0 spiro atoms. The van der Waals surface area contributed by atoms with E-state index in [-0.39, 0.29) is 0 Å². The number of benzene rings is 1. The van der Waals surface area contributed by atoms with Crippen LogP contribution in [0.5, 0.6) is 0 Å². The monoisotopic (exact) mass is 379 g/mol. The van der Waals surface area contributed by atoms with Gasteiger partial charge >= 0.3 is 0 Å². The molecule has 28 heavy (non-hydrogen) atoms. The maximum Gasteiger partial charge on any atom is 0.222 e. The number of hydrogen-bond donors (Lipinski definition) is 2. The average Bonchev–Trinajstić information content (AvgIpc) is 2.75. The van der Waals surface area contributed by atoms with Crippen LogP contribution >= 0.6 is 0 Å². The zero-order chi connectivity index (χ0) is 19.9. The fraction of sp³-hybridized carbons (Fsp3) is 0.429. The smallest absolute Gasteiger partial charge is 0.222 e. The van der Waals surface area contributed by atoms with E-state index >= 15 is 0 Å².